The molecule has 0 saturated carbocycles. The number of carbonyl (C=O) groups is 5. The third kappa shape index (κ3) is 11.9. The van der Waals surface area contributed by atoms with Crippen LogP contribution in [0.4, 0.5) is 0 Å². The fourth-order valence-corrected chi connectivity index (χ4v) is 2.57. The van der Waals surface area contributed by atoms with Crippen molar-refractivity contribution < 1.29 is 44.4 Å². The van der Waals surface area contributed by atoms with Crippen LogP contribution in [0.3, 0.4) is 0 Å². The van der Waals surface area contributed by atoms with Crippen LogP contribution in [0, 0.1) is 0 Å². The minimum atomic E-state index is -1.67. The number of carboxylic acids is 2. The lowest BCUT2D eigenvalue weighted by Gasteiger charge is -2.26. The predicted octanol–water partition coefficient (Wildman–Crippen LogP) is -4.86. The minimum absolute atomic E-state index is 0.0253. The second-order valence-corrected chi connectivity index (χ2v) is 7.36. The van der Waals surface area contributed by atoms with Crippen molar-refractivity contribution >= 4 is 35.6 Å². The predicted molar refractivity (Wildman–Crippen MR) is 117 cm³/mol. The number of nitrogens with zero attached hydrogens (tertiary/aromatic N) is 1. The topological polar surface area (TPSA) is 293 Å². The van der Waals surface area contributed by atoms with Gasteiger partial charge >= 0.3 is 11.9 Å². The Morgan fingerprint density at radius 1 is 0.912 bits per heavy atom. The van der Waals surface area contributed by atoms with Crippen LogP contribution < -0.4 is 33.2 Å². The number of rotatable bonds is 16. The first kappa shape index (κ1) is 30.5. The monoisotopic (exact) mass is 491 g/mol. The number of nitrogens with two attached hydrogens (primary N) is 3. The van der Waals surface area contributed by atoms with Crippen molar-refractivity contribution in [1.29, 1.82) is 0 Å². The molecule has 0 aliphatic heterocycles. The maximum absolute atomic E-state index is 12.8. The lowest BCUT2D eigenvalue weighted by atomic mass is 10.1. The summed E-state index contributed by atoms with van der Waals surface area (Å²) >= 11 is 0. The number of aliphatic imine (C=N–C) groups is 1. The summed E-state index contributed by atoms with van der Waals surface area (Å²) < 4.78 is 0. The van der Waals surface area contributed by atoms with E-state index in [1.807, 2.05) is 5.32 Å². The summed E-state index contributed by atoms with van der Waals surface area (Å²) in [5.74, 6) is -5.72. The van der Waals surface area contributed by atoms with E-state index in [2.05, 4.69) is 15.6 Å². The molecule has 0 aromatic carbocycles. The molecule has 0 spiro atoms. The number of carbonyl (C=O) groups excluding carboxylic acids is 3. The summed E-state index contributed by atoms with van der Waals surface area (Å²) in [5.41, 5.74) is 16.1. The molecule has 0 aromatic heterocycles. The van der Waals surface area contributed by atoms with E-state index in [0.717, 1.165) is 6.92 Å². The zero-order valence-electron chi connectivity index (χ0n) is 18.6. The molecule has 0 radical (unpaired) electrons. The van der Waals surface area contributed by atoms with E-state index < -0.39 is 66.5 Å². The van der Waals surface area contributed by atoms with Crippen LogP contribution in [0.15, 0.2) is 4.99 Å². The van der Waals surface area contributed by atoms with Crippen LogP contribution in [-0.4, -0.2) is 99.5 Å². The van der Waals surface area contributed by atoms with E-state index in [1.54, 1.807) is 0 Å². The van der Waals surface area contributed by atoms with Gasteiger partial charge in [-0.2, -0.15) is 0 Å². The van der Waals surface area contributed by atoms with Crippen LogP contribution in [0.2, 0.25) is 0 Å². The Morgan fingerprint density at radius 3 is 1.97 bits per heavy atom. The molecular weight excluding hydrogens is 458 g/mol. The van der Waals surface area contributed by atoms with Crippen molar-refractivity contribution in [3.8, 4) is 0 Å². The zero-order valence-corrected chi connectivity index (χ0v) is 18.6. The van der Waals surface area contributed by atoms with Crippen molar-refractivity contribution in [1.82, 2.24) is 16.0 Å². The first-order valence-corrected chi connectivity index (χ1v) is 10.3. The molecule has 0 rings (SSSR count). The lowest BCUT2D eigenvalue weighted by molar-refractivity contribution is -0.144. The number of hydrogen-bond acceptors (Lipinski definition) is 9. The SMILES string of the molecule is CC(O)C(NC(=O)C(CCCN=C(N)N)NC(=O)C(N)CCC(=O)O)C(=O)NC(CO)C(=O)O. The van der Waals surface area contributed by atoms with Crippen LogP contribution in [0.1, 0.15) is 32.6 Å². The Balaban J connectivity index is 5.45. The molecule has 3 amide bonds. The summed E-state index contributed by atoms with van der Waals surface area (Å²) in [6, 6.07) is -5.81. The van der Waals surface area contributed by atoms with E-state index in [1.165, 1.54) is 0 Å². The Labute approximate surface area is 194 Å². The van der Waals surface area contributed by atoms with E-state index in [9.17, 15) is 29.1 Å². The number of nitrogens with one attached hydrogen (secondary N) is 3. The molecule has 194 valence electrons. The Hall–Kier alpha value is -3.50. The normalized spacial score (nSPS) is 15.1. The number of guanidine groups is 1. The third-order valence-corrected chi connectivity index (χ3v) is 4.44. The van der Waals surface area contributed by atoms with Crippen LogP contribution in [-0.2, 0) is 24.0 Å². The molecule has 5 atom stereocenters. The Morgan fingerprint density at radius 2 is 1.50 bits per heavy atom. The first-order valence-electron chi connectivity index (χ1n) is 10.3. The molecule has 5 unspecified atom stereocenters. The lowest BCUT2D eigenvalue weighted by Crippen LogP contribution is -2.60. The van der Waals surface area contributed by atoms with E-state index >= 15 is 0 Å². The number of aliphatic hydroxyl groups is 2. The average molecular weight is 492 g/mol. The van der Waals surface area contributed by atoms with Crippen molar-refractivity contribution in [3.63, 3.8) is 0 Å². The molecular formula is C18H33N7O9. The van der Waals surface area contributed by atoms with Crippen molar-refractivity contribution in [2.45, 2.75) is 62.9 Å². The van der Waals surface area contributed by atoms with Gasteiger partial charge in [-0.05, 0) is 26.2 Å². The van der Waals surface area contributed by atoms with Gasteiger partial charge in [0.25, 0.3) is 0 Å². The highest BCUT2D eigenvalue weighted by Gasteiger charge is 2.32. The maximum atomic E-state index is 12.8. The molecule has 0 aromatic rings. The van der Waals surface area contributed by atoms with Crippen LogP contribution in [0.25, 0.3) is 0 Å². The van der Waals surface area contributed by atoms with Gasteiger partial charge in [-0.15, -0.1) is 0 Å². The highest BCUT2D eigenvalue weighted by atomic mass is 16.4. The summed E-state index contributed by atoms with van der Waals surface area (Å²) in [6.45, 7) is 0.330. The Kier molecular flexibility index (Phi) is 13.8. The summed E-state index contributed by atoms with van der Waals surface area (Å²) in [6.07, 6.45) is -1.87. The molecule has 0 aliphatic carbocycles. The smallest absolute Gasteiger partial charge is 0.328 e. The molecule has 16 nitrogen and oxygen atoms in total. The van der Waals surface area contributed by atoms with Gasteiger partial charge < -0.3 is 53.6 Å². The fraction of sp³-hybridized carbons (Fsp3) is 0.667. The first-order chi connectivity index (χ1) is 15.8. The fourth-order valence-electron chi connectivity index (χ4n) is 2.57. The van der Waals surface area contributed by atoms with Gasteiger partial charge in [0.15, 0.2) is 5.96 Å². The van der Waals surface area contributed by atoms with E-state index in [-0.39, 0.29) is 38.2 Å². The average Bonchev–Trinajstić information content (AvgIpc) is 2.74. The molecule has 16 heteroatoms. The van der Waals surface area contributed by atoms with Gasteiger partial charge in [-0.1, -0.05) is 0 Å². The standard InChI is InChI=1S/C18H33N7O9/c1-8(27)13(16(32)24-11(7-26)17(33)34)25-15(31)10(3-2-6-22-18(20)21)23-14(30)9(19)4-5-12(28)29/h8-11,13,26-27H,2-7,19H2,1H3,(H,23,30)(H,24,32)(H,25,31)(H,28,29)(H,33,34)(H4,20,21,22). The highest BCUT2D eigenvalue weighted by Crippen LogP contribution is 2.04. The number of aliphatic hydroxyl groups excluding tert-OH is 2. The van der Waals surface area contributed by atoms with Gasteiger partial charge in [0.05, 0.1) is 18.8 Å². The van der Waals surface area contributed by atoms with E-state index in [0.29, 0.717) is 0 Å². The van der Waals surface area contributed by atoms with Crippen LogP contribution in [0.5, 0.6) is 0 Å². The Bertz CT molecular complexity index is 756. The largest absolute Gasteiger partial charge is 0.481 e. The maximum Gasteiger partial charge on any atom is 0.328 e. The van der Waals surface area contributed by atoms with Crippen molar-refractivity contribution in [2.75, 3.05) is 13.2 Å². The number of aliphatic carboxylic acids is 2. The molecule has 0 fully saturated rings. The van der Waals surface area contributed by atoms with Gasteiger partial charge in [0, 0.05) is 13.0 Å². The molecule has 0 heterocycles. The second kappa shape index (κ2) is 15.4. The molecule has 34 heavy (non-hydrogen) atoms. The number of hydrogen-bond donors (Lipinski definition) is 10. The summed E-state index contributed by atoms with van der Waals surface area (Å²) in [4.78, 5) is 62.9. The second-order valence-electron chi connectivity index (χ2n) is 7.36. The summed E-state index contributed by atoms with van der Waals surface area (Å²) in [5, 5.41) is 43.2. The summed E-state index contributed by atoms with van der Waals surface area (Å²) in [7, 11) is 0. The van der Waals surface area contributed by atoms with Crippen molar-refractivity contribution in [3.05, 3.63) is 0 Å². The molecule has 0 aliphatic rings. The minimum Gasteiger partial charge on any atom is -0.481 e. The van der Waals surface area contributed by atoms with Gasteiger partial charge in [0.2, 0.25) is 17.7 Å². The molecule has 13 N–H and O–H groups in total. The number of carboxylic acid groups (broad SMARTS) is 2. The molecule has 0 saturated heterocycles. The van der Waals surface area contributed by atoms with Crippen LogP contribution >= 0.6 is 0 Å². The third-order valence-electron chi connectivity index (χ3n) is 4.44. The van der Waals surface area contributed by atoms with E-state index in [4.69, 9.17) is 32.5 Å². The zero-order chi connectivity index (χ0) is 26.4. The number of amides is 3. The molecule has 0 bridgehead atoms. The highest BCUT2D eigenvalue weighted by molar-refractivity contribution is 5.94. The van der Waals surface area contributed by atoms with Gasteiger partial charge in [0.1, 0.15) is 18.1 Å². The van der Waals surface area contributed by atoms with Gasteiger partial charge in [-0.25, -0.2) is 4.79 Å². The van der Waals surface area contributed by atoms with Crippen molar-refractivity contribution in [2.24, 2.45) is 22.2 Å². The quantitative estimate of drug-likeness (QED) is 0.0552. The van der Waals surface area contributed by atoms with Gasteiger partial charge in [-0.3, -0.25) is 24.2 Å².